The van der Waals surface area contributed by atoms with E-state index in [1.807, 2.05) is 0 Å². The maximum Gasteiger partial charge on any atom is 0.411 e. The highest BCUT2D eigenvalue weighted by molar-refractivity contribution is 6.74. The third-order valence-electron chi connectivity index (χ3n) is 4.71. The molecule has 0 radical (unpaired) electrons. The Hall–Kier alpha value is -1.08. The molecule has 1 amide bonds. The Morgan fingerprint density at radius 2 is 1.67 bits per heavy atom. The van der Waals surface area contributed by atoms with Crippen molar-refractivity contribution in [2.45, 2.75) is 90.3 Å². The lowest BCUT2D eigenvalue weighted by Crippen LogP contribution is -2.59. The van der Waals surface area contributed by atoms with Crippen molar-refractivity contribution in [3.05, 3.63) is 0 Å². The second-order valence-corrected chi connectivity index (χ2v) is 13.8. The van der Waals surface area contributed by atoms with E-state index in [0.29, 0.717) is 19.4 Å². The molecular formula is C17H33NO5Si. The van der Waals surface area contributed by atoms with Gasteiger partial charge in [-0.1, -0.05) is 20.8 Å². The van der Waals surface area contributed by atoms with Crippen LogP contribution in [-0.2, 0) is 14.0 Å². The van der Waals surface area contributed by atoms with Crippen LogP contribution in [0.25, 0.3) is 0 Å². The highest BCUT2D eigenvalue weighted by Crippen LogP contribution is 2.39. The van der Waals surface area contributed by atoms with Gasteiger partial charge in [0, 0.05) is 6.54 Å². The maximum atomic E-state index is 12.4. The van der Waals surface area contributed by atoms with Gasteiger partial charge < -0.3 is 14.3 Å². The van der Waals surface area contributed by atoms with Gasteiger partial charge in [-0.2, -0.15) is 0 Å². The van der Waals surface area contributed by atoms with Crippen LogP contribution in [0.5, 0.6) is 0 Å². The Morgan fingerprint density at radius 1 is 1.12 bits per heavy atom. The van der Waals surface area contributed by atoms with E-state index in [9.17, 15) is 14.7 Å². The van der Waals surface area contributed by atoms with Crippen molar-refractivity contribution in [2.24, 2.45) is 0 Å². The summed E-state index contributed by atoms with van der Waals surface area (Å²) in [5, 5.41) is 9.69. The lowest BCUT2D eigenvalue weighted by Gasteiger charge is -2.45. The van der Waals surface area contributed by atoms with E-state index in [4.69, 9.17) is 9.16 Å². The molecule has 1 fully saturated rings. The quantitative estimate of drug-likeness (QED) is 0.774. The number of piperidine rings is 1. The summed E-state index contributed by atoms with van der Waals surface area (Å²) < 4.78 is 11.7. The number of ether oxygens (including phenoxy) is 1. The van der Waals surface area contributed by atoms with E-state index in [1.54, 1.807) is 20.8 Å². The summed E-state index contributed by atoms with van der Waals surface area (Å²) in [5.74, 6) is -1.04. The van der Waals surface area contributed by atoms with Crippen molar-refractivity contribution in [3.8, 4) is 0 Å². The van der Waals surface area contributed by atoms with Crippen LogP contribution in [-0.4, -0.2) is 54.7 Å². The van der Waals surface area contributed by atoms with Crippen LogP contribution < -0.4 is 0 Å². The van der Waals surface area contributed by atoms with Crippen molar-refractivity contribution < 1.29 is 23.9 Å². The molecule has 140 valence electrons. The number of carbonyl (C=O) groups is 2. The zero-order chi connectivity index (χ0) is 18.9. The van der Waals surface area contributed by atoms with Gasteiger partial charge >= 0.3 is 12.1 Å². The fourth-order valence-electron chi connectivity index (χ4n) is 2.46. The molecule has 1 N–H and O–H groups in total. The molecule has 1 saturated heterocycles. The summed E-state index contributed by atoms with van der Waals surface area (Å²) in [6.45, 7) is 16.2. The van der Waals surface area contributed by atoms with Gasteiger partial charge in [-0.15, -0.1) is 0 Å². The average molecular weight is 360 g/mol. The number of carboxylic acids is 1. The Labute approximate surface area is 146 Å². The van der Waals surface area contributed by atoms with Crippen LogP contribution >= 0.6 is 0 Å². The fraction of sp³-hybridized carbons (Fsp3) is 0.882. The second kappa shape index (κ2) is 7.04. The molecule has 0 aliphatic carbocycles. The topological polar surface area (TPSA) is 76.1 Å². The molecule has 1 heterocycles. The average Bonchev–Trinajstić information content (AvgIpc) is 2.34. The van der Waals surface area contributed by atoms with E-state index < -0.39 is 38.1 Å². The molecule has 2 atom stereocenters. The third kappa shape index (κ3) is 5.21. The number of likely N-dealkylation sites (tertiary alicyclic amines) is 1. The second-order valence-electron chi connectivity index (χ2n) is 9.02. The summed E-state index contributed by atoms with van der Waals surface area (Å²) in [5.41, 5.74) is -0.659. The Bertz CT molecular complexity index is 478. The minimum absolute atomic E-state index is 0.0236. The first kappa shape index (κ1) is 21.0. The third-order valence-corrected chi connectivity index (χ3v) is 9.21. The molecule has 1 aliphatic heterocycles. The number of hydrogen-bond donors (Lipinski definition) is 1. The van der Waals surface area contributed by atoms with Crippen molar-refractivity contribution in [1.29, 1.82) is 0 Å². The molecule has 0 saturated carbocycles. The van der Waals surface area contributed by atoms with Gasteiger partial charge in [-0.05, 0) is 51.7 Å². The summed E-state index contributed by atoms with van der Waals surface area (Å²) in [6, 6.07) is -0.997. The van der Waals surface area contributed by atoms with Gasteiger partial charge in [0.15, 0.2) is 14.4 Å². The highest BCUT2D eigenvalue weighted by Gasteiger charge is 2.47. The first-order chi connectivity index (χ1) is 10.7. The number of hydrogen-bond acceptors (Lipinski definition) is 4. The predicted octanol–water partition coefficient (Wildman–Crippen LogP) is 3.86. The number of nitrogens with zero attached hydrogens (tertiary/aromatic N) is 1. The maximum absolute atomic E-state index is 12.4. The molecule has 6 nitrogen and oxygen atoms in total. The molecule has 0 aromatic rings. The largest absolute Gasteiger partial charge is 0.480 e. The lowest BCUT2D eigenvalue weighted by atomic mass is 9.99. The fourth-order valence-corrected chi connectivity index (χ4v) is 3.81. The standard InChI is InChI=1S/C17H33NO5Si/c1-16(2,3)22-15(21)18-11-9-10-12(13(18)14(19)20)23-24(7,8)17(4,5)6/h12-13H,9-11H2,1-8H3,(H,19,20)/t12-,13-/m0/s1. The zero-order valence-corrected chi connectivity index (χ0v) is 17.3. The van der Waals surface area contributed by atoms with E-state index in [2.05, 4.69) is 33.9 Å². The number of amides is 1. The number of carbonyl (C=O) groups excluding carboxylic acids is 1. The van der Waals surface area contributed by atoms with Crippen molar-refractivity contribution in [3.63, 3.8) is 0 Å². The summed E-state index contributed by atoms with van der Waals surface area (Å²) in [7, 11) is -2.13. The zero-order valence-electron chi connectivity index (χ0n) is 16.3. The van der Waals surface area contributed by atoms with Gasteiger partial charge in [0.05, 0.1) is 6.10 Å². The minimum atomic E-state index is -2.13. The normalized spacial score (nSPS) is 23.1. The molecule has 0 unspecified atom stereocenters. The molecule has 1 aliphatic rings. The SMILES string of the molecule is CC(C)(C)OC(=O)N1CCC[C@H](O[Si](C)(C)C(C)(C)C)[C@H]1C(=O)O. The molecular weight excluding hydrogens is 326 g/mol. The monoisotopic (exact) mass is 359 g/mol. The molecule has 0 bridgehead atoms. The van der Waals surface area contributed by atoms with Gasteiger partial charge in [-0.25, -0.2) is 9.59 Å². The van der Waals surface area contributed by atoms with Crippen LogP contribution in [0.3, 0.4) is 0 Å². The van der Waals surface area contributed by atoms with Gasteiger partial charge in [-0.3, -0.25) is 4.90 Å². The van der Waals surface area contributed by atoms with Crippen LogP contribution in [0, 0.1) is 0 Å². The summed E-state index contributed by atoms with van der Waals surface area (Å²) in [4.78, 5) is 25.6. The number of carboxylic acid groups (broad SMARTS) is 1. The Kier molecular flexibility index (Phi) is 6.14. The van der Waals surface area contributed by atoms with Gasteiger partial charge in [0.2, 0.25) is 0 Å². The molecule has 0 aromatic carbocycles. The highest BCUT2D eigenvalue weighted by atomic mass is 28.4. The lowest BCUT2D eigenvalue weighted by molar-refractivity contribution is -0.149. The molecule has 24 heavy (non-hydrogen) atoms. The van der Waals surface area contributed by atoms with E-state index in [1.165, 1.54) is 4.90 Å². The van der Waals surface area contributed by atoms with E-state index >= 15 is 0 Å². The van der Waals surface area contributed by atoms with E-state index in [-0.39, 0.29) is 5.04 Å². The van der Waals surface area contributed by atoms with Gasteiger partial charge in [0.1, 0.15) is 5.60 Å². The minimum Gasteiger partial charge on any atom is -0.480 e. The van der Waals surface area contributed by atoms with Crippen LogP contribution in [0.15, 0.2) is 0 Å². The molecule has 0 aromatic heterocycles. The van der Waals surface area contributed by atoms with E-state index in [0.717, 1.165) is 0 Å². The first-order valence-corrected chi connectivity index (χ1v) is 11.5. The summed E-state index contributed by atoms with van der Waals surface area (Å²) >= 11 is 0. The van der Waals surface area contributed by atoms with Gasteiger partial charge in [0.25, 0.3) is 0 Å². The van der Waals surface area contributed by atoms with Crippen molar-refractivity contribution >= 4 is 20.4 Å². The van der Waals surface area contributed by atoms with Crippen LogP contribution in [0.1, 0.15) is 54.4 Å². The predicted molar refractivity (Wildman–Crippen MR) is 95.7 cm³/mol. The van der Waals surface area contributed by atoms with Crippen molar-refractivity contribution in [2.75, 3.05) is 6.54 Å². The molecule has 1 rings (SSSR count). The van der Waals surface area contributed by atoms with Crippen LogP contribution in [0.4, 0.5) is 4.79 Å². The van der Waals surface area contributed by atoms with Crippen molar-refractivity contribution in [1.82, 2.24) is 4.90 Å². The number of rotatable bonds is 3. The van der Waals surface area contributed by atoms with Crippen LogP contribution in [0.2, 0.25) is 18.1 Å². The Morgan fingerprint density at radius 3 is 2.08 bits per heavy atom. The smallest absolute Gasteiger partial charge is 0.411 e. The summed E-state index contributed by atoms with van der Waals surface area (Å²) in [6.07, 6.45) is 0.272. The molecule has 7 heteroatoms. The Balaban J connectivity index is 3.02. The first-order valence-electron chi connectivity index (χ1n) is 8.56. The molecule has 0 spiro atoms. The number of aliphatic carboxylic acids is 1.